The predicted molar refractivity (Wildman–Crippen MR) is 80.3 cm³/mol. The van der Waals surface area contributed by atoms with Crippen molar-refractivity contribution in [2.45, 2.75) is 31.6 Å². The molecule has 0 atom stereocenters. The largest absolute Gasteiger partial charge is 0.451 e. The molecule has 0 amide bonds. The van der Waals surface area contributed by atoms with E-state index in [1.54, 1.807) is 22.9 Å². The second kappa shape index (κ2) is 5.43. The summed E-state index contributed by atoms with van der Waals surface area (Å²) in [7, 11) is 0. The molecule has 24 heavy (non-hydrogen) atoms. The Bertz CT molecular complexity index is 870. The number of rotatable bonds is 4. The van der Waals surface area contributed by atoms with E-state index >= 15 is 0 Å². The molecule has 0 spiro atoms. The molecule has 1 saturated carbocycles. The van der Waals surface area contributed by atoms with Crippen LogP contribution in [-0.4, -0.2) is 30.5 Å². The van der Waals surface area contributed by atoms with Crippen molar-refractivity contribution in [3.05, 3.63) is 42.2 Å². The van der Waals surface area contributed by atoms with Gasteiger partial charge < -0.3 is 9.88 Å². The van der Waals surface area contributed by atoms with E-state index in [0.717, 1.165) is 12.8 Å². The fourth-order valence-corrected chi connectivity index (χ4v) is 2.37. The first-order chi connectivity index (χ1) is 11.5. The molecule has 0 aromatic carbocycles. The zero-order valence-corrected chi connectivity index (χ0v) is 12.5. The molecule has 9 heteroatoms. The Morgan fingerprint density at radius 1 is 1.17 bits per heavy atom. The molecular weight excluding hydrogens is 321 g/mol. The standard InChI is InChI=1S/C15H13F3N6/c16-15(17,18)14-22-12(21-9-4-5-9)11-13(23-14)24(8-20-11)7-10-3-1-2-6-19-10/h1-3,6,8-9H,4-5,7H2,(H,21,22,23). The van der Waals surface area contributed by atoms with Gasteiger partial charge in [0.15, 0.2) is 11.5 Å². The lowest BCUT2D eigenvalue weighted by Crippen LogP contribution is -2.15. The third kappa shape index (κ3) is 2.89. The van der Waals surface area contributed by atoms with Crippen molar-refractivity contribution >= 4 is 17.0 Å². The number of hydrogen-bond donors (Lipinski definition) is 1. The first-order valence-corrected chi connectivity index (χ1v) is 7.47. The van der Waals surface area contributed by atoms with Gasteiger partial charge in [-0.05, 0) is 25.0 Å². The van der Waals surface area contributed by atoms with Gasteiger partial charge >= 0.3 is 6.18 Å². The number of alkyl halides is 3. The maximum Gasteiger partial charge on any atom is 0.451 e. The molecule has 1 fully saturated rings. The molecule has 4 rings (SSSR count). The summed E-state index contributed by atoms with van der Waals surface area (Å²) in [5, 5.41) is 3.01. The van der Waals surface area contributed by atoms with Crippen LogP contribution in [0.4, 0.5) is 19.0 Å². The van der Waals surface area contributed by atoms with Crippen LogP contribution >= 0.6 is 0 Å². The number of nitrogens with one attached hydrogen (secondary N) is 1. The number of anilines is 1. The van der Waals surface area contributed by atoms with E-state index in [0.29, 0.717) is 11.2 Å². The SMILES string of the molecule is FC(F)(F)c1nc(NC2CC2)c2ncn(Cc3ccccn3)c2n1. The van der Waals surface area contributed by atoms with Gasteiger partial charge in [-0.15, -0.1) is 0 Å². The summed E-state index contributed by atoms with van der Waals surface area (Å²) in [6, 6.07) is 5.54. The molecule has 0 radical (unpaired) electrons. The van der Waals surface area contributed by atoms with E-state index in [1.165, 1.54) is 6.33 Å². The van der Waals surface area contributed by atoms with Crippen molar-refractivity contribution in [3.63, 3.8) is 0 Å². The molecular formula is C15H13F3N6. The van der Waals surface area contributed by atoms with Gasteiger partial charge in [0.1, 0.15) is 5.52 Å². The lowest BCUT2D eigenvalue weighted by molar-refractivity contribution is -0.144. The molecule has 3 aromatic rings. The van der Waals surface area contributed by atoms with Crippen LogP contribution in [-0.2, 0) is 12.7 Å². The fourth-order valence-electron chi connectivity index (χ4n) is 2.37. The first kappa shape index (κ1) is 14.9. The van der Waals surface area contributed by atoms with Gasteiger partial charge in [-0.1, -0.05) is 6.07 Å². The molecule has 0 bridgehead atoms. The van der Waals surface area contributed by atoms with Crippen molar-refractivity contribution in [1.29, 1.82) is 0 Å². The number of aromatic nitrogens is 5. The number of fused-ring (bicyclic) bond motifs is 1. The summed E-state index contributed by atoms with van der Waals surface area (Å²) < 4.78 is 40.9. The van der Waals surface area contributed by atoms with Gasteiger partial charge in [-0.2, -0.15) is 13.2 Å². The number of imidazole rings is 1. The van der Waals surface area contributed by atoms with E-state index in [9.17, 15) is 13.2 Å². The smallest absolute Gasteiger partial charge is 0.365 e. The highest BCUT2D eigenvalue weighted by molar-refractivity contribution is 5.83. The molecule has 3 aromatic heterocycles. The Kier molecular flexibility index (Phi) is 3.36. The highest BCUT2D eigenvalue weighted by Gasteiger charge is 2.37. The Morgan fingerprint density at radius 3 is 2.67 bits per heavy atom. The molecule has 1 aliphatic carbocycles. The van der Waals surface area contributed by atoms with Gasteiger partial charge in [0.05, 0.1) is 18.6 Å². The van der Waals surface area contributed by atoms with Crippen LogP contribution in [0, 0.1) is 0 Å². The minimum atomic E-state index is -4.62. The van der Waals surface area contributed by atoms with Gasteiger partial charge in [-0.3, -0.25) is 4.98 Å². The number of hydrogen-bond acceptors (Lipinski definition) is 5. The fraction of sp³-hybridized carbons (Fsp3) is 0.333. The van der Waals surface area contributed by atoms with Crippen molar-refractivity contribution in [2.75, 3.05) is 5.32 Å². The van der Waals surface area contributed by atoms with E-state index in [4.69, 9.17) is 0 Å². The molecule has 124 valence electrons. The van der Waals surface area contributed by atoms with Crippen LogP contribution < -0.4 is 5.32 Å². The Labute approximate surface area is 134 Å². The average Bonchev–Trinajstić information content (AvgIpc) is 3.27. The lowest BCUT2D eigenvalue weighted by Gasteiger charge is -2.10. The highest BCUT2D eigenvalue weighted by atomic mass is 19.4. The lowest BCUT2D eigenvalue weighted by atomic mass is 10.3. The monoisotopic (exact) mass is 334 g/mol. The van der Waals surface area contributed by atoms with E-state index in [-0.39, 0.29) is 24.1 Å². The van der Waals surface area contributed by atoms with Crippen LogP contribution in [0.25, 0.3) is 11.2 Å². The zero-order chi connectivity index (χ0) is 16.7. The number of nitrogens with zero attached hydrogens (tertiary/aromatic N) is 5. The zero-order valence-electron chi connectivity index (χ0n) is 12.5. The summed E-state index contributed by atoms with van der Waals surface area (Å²) in [6.07, 6.45) is 0.314. The van der Waals surface area contributed by atoms with Crippen molar-refractivity contribution in [2.24, 2.45) is 0 Å². The topological polar surface area (TPSA) is 68.5 Å². The Morgan fingerprint density at radius 2 is 2.00 bits per heavy atom. The third-order valence-corrected chi connectivity index (χ3v) is 3.69. The first-order valence-electron chi connectivity index (χ1n) is 7.47. The quantitative estimate of drug-likeness (QED) is 0.794. The highest BCUT2D eigenvalue weighted by Crippen LogP contribution is 2.32. The molecule has 6 nitrogen and oxygen atoms in total. The maximum absolute atomic E-state index is 13.1. The van der Waals surface area contributed by atoms with Crippen LogP contribution in [0.1, 0.15) is 24.4 Å². The molecule has 0 saturated heterocycles. The van der Waals surface area contributed by atoms with E-state index < -0.39 is 12.0 Å². The van der Waals surface area contributed by atoms with Gasteiger partial charge in [0, 0.05) is 12.2 Å². The van der Waals surface area contributed by atoms with Gasteiger partial charge in [-0.25, -0.2) is 15.0 Å². The summed E-state index contributed by atoms with van der Waals surface area (Å²) in [5.41, 5.74) is 1.19. The van der Waals surface area contributed by atoms with Crippen LogP contribution in [0.3, 0.4) is 0 Å². The van der Waals surface area contributed by atoms with Crippen LogP contribution in [0.15, 0.2) is 30.7 Å². The van der Waals surface area contributed by atoms with Crippen LogP contribution in [0.5, 0.6) is 0 Å². The van der Waals surface area contributed by atoms with Crippen molar-refractivity contribution in [3.8, 4) is 0 Å². The number of halogens is 3. The second-order valence-electron chi connectivity index (χ2n) is 5.68. The van der Waals surface area contributed by atoms with Gasteiger partial charge in [0.25, 0.3) is 0 Å². The third-order valence-electron chi connectivity index (χ3n) is 3.69. The molecule has 3 heterocycles. The minimum absolute atomic E-state index is 0.134. The summed E-state index contributed by atoms with van der Waals surface area (Å²) in [5.74, 6) is -1.03. The molecule has 0 aliphatic heterocycles. The van der Waals surface area contributed by atoms with E-state index in [1.807, 2.05) is 6.07 Å². The average molecular weight is 334 g/mol. The summed E-state index contributed by atoms with van der Waals surface area (Å²) >= 11 is 0. The molecule has 0 unspecified atom stereocenters. The predicted octanol–water partition coefficient (Wildman–Crippen LogP) is 2.86. The van der Waals surface area contributed by atoms with Gasteiger partial charge in [0.2, 0.25) is 5.82 Å². The normalized spacial score (nSPS) is 15.0. The molecule has 1 N–H and O–H groups in total. The van der Waals surface area contributed by atoms with Crippen molar-refractivity contribution in [1.82, 2.24) is 24.5 Å². The number of pyridine rings is 1. The maximum atomic E-state index is 13.1. The Hall–Kier alpha value is -2.71. The minimum Gasteiger partial charge on any atom is -0.365 e. The molecule has 1 aliphatic rings. The summed E-state index contributed by atoms with van der Waals surface area (Å²) in [6.45, 7) is 0.286. The van der Waals surface area contributed by atoms with Crippen molar-refractivity contribution < 1.29 is 13.2 Å². The van der Waals surface area contributed by atoms with E-state index in [2.05, 4.69) is 25.3 Å². The summed E-state index contributed by atoms with van der Waals surface area (Å²) in [4.78, 5) is 15.7. The Balaban J connectivity index is 1.80. The van der Waals surface area contributed by atoms with Crippen LogP contribution in [0.2, 0.25) is 0 Å². The second-order valence-corrected chi connectivity index (χ2v) is 5.68.